The van der Waals surface area contributed by atoms with Gasteiger partial charge in [0.25, 0.3) is 5.91 Å². The number of hydrogen-bond donors (Lipinski definition) is 2. The maximum atomic E-state index is 12.7. The average molecular weight is 351 g/mol. The van der Waals surface area contributed by atoms with Crippen LogP contribution in [-0.4, -0.2) is 16.1 Å². The highest BCUT2D eigenvalue weighted by Gasteiger charge is 2.30. The first-order valence-electron chi connectivity index (χ1n) is 6.97. The molecule has 0 spiro atoms. The van der Waals surface area contributed by atoms with E-state index < -0.39 is 17.6 Å². The number of aromatic nitrogens is 2. The van der Waals surface area contributed by atoms with Gasteiger partial charge in [-0.05, 0) is 29.1 Å². The summed E-state index contributed by atoms with van der Waals surface area (Å²) < 4.78 is 38.1. The minimum Gasteiger partial charge on any atom is -0.348 e. The van der Waals surface area contributed by atoms with E-state index in [1.54, 1.807) is 0 Å². The van der Waals surface area contributed by atoms with E-state index in [2.05, 4.69) is 15.5 Å². The number of carbonyl (C=O) groups excluding carboxylic acids is 1. The molecule has 2 aromatic heterocycles. The zero-order chi connectivity index (χ0) is 17.2. The zero-order valence-electron chi connectivity index (χ0n) is 12.2. The van der Waals surface area contributed by atoms with Crippen LogP contribution in [0.2, 0.25) is 0 Å². The summed E-state index contributed by atoms with van der Waals surface area (Å²) in [5.74, 6) is -0.399. The molecule has 2 heterocycles. The normalized spacial score (nSPS) is 11.5. The highest BCUT2D eigenvalue weighted by atomic mass is 32.1. The van der Waals surface area contributed by atoms with Crippen molar-refractivity contribution in [2.75, 3.05) is 0 Å². The van der Waals surface area contributed by atoms with E-state index in [0.717, 1.165) is 17.0 Å². The van der Waals surface area contributed by atoms with Gasteiger partial charge >= 0.3 is 6.18 Å². The van der Waals surface area contributed by atoms with Gasteiger partial charge < -0.3 is 5.32 Å². The quantitative estimate of drug-likeness (QED) is 0.744. The Kier molecular flexibility index (Phi) is 4.39. The number of alkyl halides is 3. The molecule has 0 aliphatic carbocycles. The van der Waals surface area contributed by atoms with Crippen LogP contribution in [0.3, 0.4) is 0 Å². The van der Waals surface area contributed by atoms with Gasteiger partial charge in [-0.2, -0.15) is 18.3 Å². The van der Waals surface area contributed by atoms with E-state index >= 15 is 0 Å². The van der Waals surface area contributed by atoms with Crippen LogP contribution in [0.15, 0.2) is 48.0 Å². The van der Waals surface area contributed by atoms with Crippen LogP contribution >= 0.6 is 11.3 Å². The van der Waals surface area contributed by atoms with E-state index in [1.165, 1.54) is 29.7 Å². The van der Waals surface area contributed by atoms with Crippen LogP contribution in [0.5, 0.6) is 0 Å². The molecule has 0 radical (unpaired) electrons. The van der Waals surface area contributed by atoms with Gasteiger partial charge in [0.2, 0.25) is 0 Å². The van der Waals surface area contributed by atoms with Crippen LogP contribution < -0.4 is 5.32 Å². The van der Waals surface area contributed by atoms with Gasteiger partial charge in [0.05, 0.1) is 27.9 Å². The molecular weight excluding hydrogens is 339 g/mol. The highest BCUT2D eigenvalue weighted by molar-refractivity contribution is 7.13. The molecule has 0 unspecified atom stereocenters. The SMILES string of the molecule is O=C(NCc1cccc(C(F)(F)F)c1)c1cn[nH]c1-c1cccs1. The number of aromatic amines is 1. The number of H-pyrrole nitrogens is 1. The number of amides is 1. The molecule has 1 amide bonds. The standard InChI is InChI=1S/C16H12F3N3OS/c17-16(18,19)11-4-1-3-10(7-11)8-20-15(23)12-9-21-22-14(12)13-5-2-6-24-13/h1-7,9H,8H2,(H,20,23)(H,21,22). The van der Waals surface area contributed by atoms with Crippen molar-refractivity contribution >= 4 is 17.2 Å². The topological polar surface area (TPSA) is 57.8 Å². The first-order chi connectivity index (χ1) is 11.4. The molecule has 0 aliphatic heterocycles. The van der Waals surface area contributed by atoms with E-state index in [-0.39, 0.29) is 6.54 Å². The van der Waals surface area contributed by atoms with Crippen molar-refractivity contribution in [3.63, 3.8) is 0 Å². The third-order valence-electron chi connectivity index (χ3n) is 3.36. The lowest BCUT2D eigenvalue weighted by atomic mass is 10.1. The molecule has 0 bridgehead atoms. The molecule has 0 saturated carbocycles. The molecule has 0 fully saturated rings. The molecule has 0 saturated heterocycles. The molecule has 3 rings (SSSR count). The van der Waals surface area contributed by atoms with Crippen LogP contribution in [0.25, 0.3) is 10.6 Å². The molecule has 1 aromatic carbocycles. The summed E-state index contributed by atoms with van der Waals surface area (Å²) >= 11 is 1.46. The summed E-state index contributed by atoms with van der Waals surface area (Å²) in [7, 11) is 0. The fourth-order valence-electron chi connectivity index (χ4n) is 2.20. The summed E-state index contributed by atoms with van der Waals surface area (Å²) in [5, 5.41) is 11.1. The minimum atomic E-state index is -4.41. The maximum Gasteiger partial charge on any atom is 0.416 e. The van der Waals surface area contributed by atoms with Crippen molar-refractivity contribution in [3.8, 4) is 10.6 Å². The molecule has 4 nitrogen and oxygen atoms in total. The Morgan fingerprint density at radius 2 is 2.08 bits per heavy atom. The zero-order valence-corrected chi connectivity index (χ0v) is 13.0. The molecule has 3 aromatic rings. The van der Waals surface area contributed by atoms with Crippen LogP contribution in [0, 0.1) is 0 Å². The van der Waals surface area contributed by atoms with E-state index in [4.69, 9.17) is 0 Å². The largest absolute Gasteiger partial charge is 0.416 e. The van der Waals surface area contributed by atoms with E-state index in [9.17, 15) is 18.0 Å². The number of nitrogens with one attached hydrogen (secondary N) is 2. The lowest BCUT2D eigenvalue weighted by Crippen LogP contribution is -2.23. The average Bonchev–Trinajstić information content (AvgIpc) is 3.22. The van der Waals surface area contributed by atoms with Crippen molar-refractivity contribution in [2.45, 2.75) is 12.7 Å². The van der Waals surface area contributed by atoms with E-state index in [0.29, 0.717) is 16.8 Å². The summed E-state index contributed by atoms with van der Waals surface area (Å²) in [6.07, 6.45) is -3.01. The minimum absolute atomic E-state index is 0.00217. The predicted octanol–water partition coefficient (Wildman–Crippen LogP) is 4.09. The summed E-state index contributed by atoms with van der Waals surface area (Å²) in [6, 6.07) is 8.57. The fraction of sp³-hybridized carbons (Fsp3) is 0.125. The van der Waals surface area contributed by atoms with Crippen LogP contribution in [-0.2, 0) is 12.7 Å². The smallest absolute Gasteiger partial charge is 0.348 e. The molecule has 0 aliphatic rings. The lowest BCUT2D eigenvalue weighted by molar-refractivity contribution is -0.137. The van der Waals surface area contributed by atoms with Crippen LogP contribution in [0.4, 0.5) is 13.2 Å². The summed E-state index contributed by atoms with van der Waals surface area (Å²) in [4.78, 5) is 13.1. The molecule has 0 atom stereocenters. The van der Waals surface area contributed by atoms with Crippen molar-refractivity contribution in [2.24, 2.45) is 0 Å². The molecular formula is C16H12F3N3OS. The number of nitrogens with zero attached hydrogens (tertiary/aromatic N) is 1. The van der Waals surface area contributed by atoms with Gasteiger partial charge in [0, 0.05) is 6.54 Å². The third kappa shape index (κ3) is 3.48. The van der Waals surface area contributed by atoms with Crippen molar-refractivity contribution < 1.29 is 18.0 Å². The predicted molar refractivity (Wildman–Crippen MR) is 84.5 cm³/mol. The number of benzene rings is 1. The lowest BCUT2D eigenvalue weighted by Gasteiger charge is -2.09. The second-order valence-electron chi connectivity index (χ2n) is 5.02. The Morgan fingerprint density at radius 3 is 2.79 bits per heavy atom. The van der Waals surface area contributed by atoms with Crippen molar-refractivity contribution in [1.82, 2.24) is 15.5 Å². The highest BCUT2D eigenvalue weighted by Crippen LogP contribution is 2.29. The van der Waals surface area contributed by atoms with Gasteiger partial charge in [0.15, 0.2) is 0 Å². The Hall–Kier alpha value is -2.61. The fourth-order valence-corrected chi connectivity index (χ4v) is 2.94. The van der Waals surface area contributed by atoms with Gasteiger partial charge in [-0.15, -0.1) is 11.3 Å². The van der Waals surface area contributed by atoms with Gasteiger partial charge in [-0.25, -0.2) is 0 Å². The third-order valence-corrected chi connectivity index (χ3v) is 4.25. The Morgan fingerprint density at radius 1 is 1.25 bits per heavy atom. The number of halogens is 3. The molecule has 124 valence electrons. The first-order valence-corrected chi connectivity index (χ1v) is 7.84. The maximum absolute atomic E-state index is 12.7. The molecule has 24 heavy (non-hydrogen) atoms. The van der Waals surface area contributed by atoms with Gasteiger partial charge in [-0.3, -0.25) is 9.89 Å². The van der Waals surface area contributed by atoms with E-state index in [1.807, 2.05) is 17.5 Å². The number of carbonyl (C=O) groups is 1. The van der Waals surface area contributed by atoms with Gasteiger partial charge in [0.1, 0.15) is 0 Å². The molecule has 2 N–H and O–H groups in total. The Bertz CT molecular complexity index is 840. The Balaban J connectivity index is 1.72. The van der Waals surface area contributed by atoms with Crippen LogP contribution in [0.1, 0.15) is 21.5 Å². The van der Waals surface area contributed by atoms with Gasteiger partial charge in [-0.1, -0.05) is 18.2 Å². The second-order valence-corrected chi connectivity index (χ2v) is 5.96. The van der Waals surface area contributed by atoms with Crippen molar-refractivity contribution in [1.29, 1.82) is 0 Å². The first kappa shape index (κ1) is 16.3. The molecule has 8 heteroatoms. The van der Waals surface area contributed by atoms with Crippen molar-refractivity contribution in [3.05, 3.63) is 64.7 Å². The summed E-state index contributed by atoms with van der Waals surface area (Å²) in [6.45, 7) is -0.00217. The Labute approximate surface area is 139 Å². The number of rotatable bonds is 4. The summed E-state index contributed by atoms with van der Waals surface area (Å²) in [5.41, 5.74) is 0.576. The monoisotopic (exact) mass is 351 g/mol. The number of hydrogen-bond acceptors (Lipinski definition) is 3. The number of thiophene rings is 1. The second kappa shape index (κ2) is 6.48.